The zero-order valence-electron chi connectivity index (χ0n) is 18.7. The van der Waals surface area contributed by atoms with Crippen LogP contribution in [0.1, 0.15) is 6.92 Å². The lowest BCUT2D eigenvalue weighted by Crippen LogP contribution is -2.15. The molecule has 10 heteroatoms. The van der Waals surface area contributed by atoms with Crippen molar-refractivity contribution in [3.05, 3.63) is 0 Å². The van der Waals surface area contributed by atoms with Gasteiger partial charge in [0, 0.05) is 12.7 Å². The van der Waals surface area contributed by atoms with Gasteiger partial charge in [-0.05, 0) is 0 Å². The Labute approximate surface area is 190 Å². The molecule has 0 heterocycles. The number of carbonyl (C=O) groups excluding carboxylic acids is 1. The molecule has 0 bridgehead atoms. The Morgan fingerprint density at radius 2 is 0.871 bits per heavy atom. The number of rotatable bonds is 25. The van der Waals surface area contributed by atoms with Crippen molar-refractivity contribution in [1.29, 1.82) is 0 Å². The van der Waals surface area contributed by atoms with Gasteiger partial charge in [0.1, 0.15) is 6.61 Å². The summed E-state index contributed by atoms with van der Waals surface area (Å²) in [6, 6.07) is 0. The fourth-order valence-corrected chi connectivity index (χ4v) is 2.40. The molecule has 0 rings (SSSR count). The zero-order chi connectivity index (χ0) is 22.7. The molecule has 0 unspecified atom stereocenters. The van der Waals surface area contributed by atoms with Gasteiger partial charge in [-0.15, -0.1) is 6.42 Å². The molecule has 0 atom stereocenters. The number of terminal acetylenes is 1. The molecule has 0 aromatic rings. The molecule has 0 aromatic heterocycles. The van der Waals surface area contributed by atoms with Gasteiger partial charge in [0.05, 0.1) is 99.1 Å². The van der Waals surface area contributed by atoms with Crippen molar-refractivity contribution in [2.75, 3.05) is 111 Å². The third kappa shape index (κ3) is 29.3. The Balaban J connectivity index is 3.01. The molecular weight excluding hydrogens is 428 g/mol. The first kappa shape index (κ1) is 30.3. The SMILES string of the molecule is C#CCOCCOCCOCCOCCOCCOCCOCCOCCSC(C)=O. The summed E-state index contributed by atoms with van der Waals surface area (Å²) in [5, 5.41) is 0.108. The summed E-state index contributed by atoms with van der Waals surface area (Å²) in [4.78, 5) is 10.7. The van der Waals surface area contributed by atoms with Gasteiger partial charge in [0.15, 0.2) is 5.12 Å². The van der Waals surface area contributed by atoms with Gasteiger partial charge in [0.25, 0.3) is 0 Å². The lowest BCUT2D eigenvalue weighted by atomic mass is 10.6. The molecule has 0 spiro atoms. The third-order valence-corrected chi connectivity index (χ3v) is 4.10. The minimum atomic E-state index is 0.108. The first-order chi connectivity index (χ1) is 15.3. The van der Waals surface area contributed by atoms with Gasteiger partial charge in [0.2, 0.25) is 0 Å². The number of ether oxygens (including phenoxy) is 8. The normalized spacial score (nSPS) is 11.0. The quantitative estimate of drug-likeness (QED) is 0.144. The van der Waals surface area contributed by atoms with Crippen molar-refractivity contribution in [3.8, 4) is 12.3 Å². The number of carbonyl (C=O) groups is 1. The molecule has 182 valence electrons. The van der Waals surface area contributed by atoms with E-state index in [0.29, 0.717) is 111 Å². The van der Waals surface area contributed by atoms with Crippen molar-refractivity contribution in [1.82, 2.24) is 0 Å². The fourth-order valence-electron chi connectivity index (χ4n) is 1.91. The van der Waals surface area contributed by atoms with Crippen LogP contribution in [0.4, 0.5) is 0 Å². The summed E-state index contributed by atoms with van der Waals surface area (Å²) in [5.41, 5.74) is 0. The van der Waals surface area contributed by atoms with Gasteiger partial charge in [-0.1, -0.05) is 17.7 Å². The van der Waals surface area contributed by atoms with Crippen LogP contribution < -0.4 is 0 Å². The molecule has 9 nitrogen and oxygen atoms in total. The second-order valence-electron chi connectivity index (χ2n) is 5.88. The van der Waals surface area contributed by atoms with Gasteiger partial charge in [-0.2, -0.15) is 0 Å². The summed E-state index contributed by atoms with van der Waals surface area (Å²) in [6.07, 6.45) is 5.06. The van der Waals surface area contributed by atoms with E-state index in [4.69, 9.17) is 44.3 Å². The standard InChI is InChI=1S/C21H38O9S/c1-3-4-23-5-6-24-7-8-25-9-10-26-11-12-27-13-14-28-15-16-29-17-18-30-19-20-31-21(2)22/h1H,4-20H2,2H3. The highest BCUT2D eigenvalue weighted by atomic mass is 32.2. The van der Waals surface area contributed by atoms with Crippen molar-refractivity contribution in [3.63, 3.8) is 0 Å². The first-order valence-electron chi connectivity index (χ1n) is 10.5. The topological polar surface area (TPSA) is 90.9 Å². The summed E-state index contributed by atoms with van der Waals surface area (Å²) < 4.78 is 42.7. The van der Waals surface area contributed by atoms with Crippen LogP contribution >= 0.6 is 11.8 Å². The molecule has 0 aliphatic carbocycles. The number of hydrogen-bond donors (Lipinski definition) is 0. The molecule has 0 saturated carbocycles. The minimum absolute atomic E-state index is 0.108. The zero-order valence-corrected chi connectivity index (χ0v) is 19.5. The summed E-state index contributed by atoms with van der Waals surface area (Å²) >= 11 is 1.26. The maximum absolute atomic E-state index is 10.7. The molecule has 0 radical (unpaired) electrons. The van der Waals surface area contributed by atoms with E-state index in [2.05, 4.69) is 5.92 Å². The van der Waals surface area contributed by atoms with Crippen LogP contribution in [0, 0.1) is 12.3 Å². The van der Waals surface area contributed by atoms with Crippen molar-refractivity contribution in [2.45, 2.75) is 6.92 Å². The van der Waals surface area contributed by atoms with E-state index in [-0.39, 0.29) is 5.12 Å². The lowest BCUT2D eigenvalue weighted by Gasteiger charge is -2.08. The maximum atomic E-state index is 10.7. The number of thioether (sulfide) groups is 1. The Hall–Kier alpha value is -0.740. The summed E-state index contributed by atoms with van der Waals surface area (Å²) in [7, 11) is 0. The van der Waals surface area contributed by atoms with Crippen LogP contribution in [-0.2, 0) is 42.7 Å². The Kier molecular flexibility index (Phi) is 26.6. The third-order valence-electron chi connectivity index (χ3n) is 3.32. The van der Waals surface area contributed by atoms with Gasteiger partial charge >= 0.3 is 0 Å². The average molecular weight is 467 g/mol. The molecule has 0 aliphatic heterocycles. The van der Waals surface area contributed by atoms with Crippen molar-refractivity contribution in [2.24, 2.45) is 0 Å². The molecule has 0 saturated heterocycles. The minimum Gasteiger partial charge on any atom is -0.378 e. The molecule has 0 N–H and O–H groups in total. The molecule has 0 amide bonds. The second-order valence-corrected chi connectivity index (χ2v) is 7.16. The van der Waals surface area contributed by atoms with Crippen LogP contribution in [0.15, 0.2) is 0 Å². The monoisotopic (exact) mass is 466 g/mol. The largest absolute Gasteiger partial charge is 0.378 e. The molecular formula is C21H38O9S. The smallest absolute Gasteiger partial charge is 0.185 e. The van der Waals surface area contributed by atoms with Crippen molar-refractivity contribution >= 4 is 16.9 Å². The van der Waals surface area contributed by atoms with E-state index >= 15 is 0 Å². The number of hydrogen-bond acceptors (Lipinski definition) is 10. The first-order valence-corrected chi connectivity index (χ1v) is 11.4. The fraction of sp³-hybridized carbons (Fsp3) is 0.857. The van der Waals surface area contributed by atoms with Crippen molar-refractivity contribution < 1.29 is 42.7 Å². The Bertz CT molecular complexity index is 418. The summed E-state index contributed by atoms with van der Waals surface area (Å²) in [5.74, 6) is 3.07. The van der Waals surface area contributed by atoms with Crippen LogP contribution in [0.2, 0.25) is 0 Å². The van der Waals surface area contributed by atoms with Gasteiger partial charge in [-0.25, -0.2) is 0 Å². The average Bonchev–Trinajstić information content (AvgIpc) is 2.76. The lowest BCUT2D eigenvalue weighted by molar-refractivity contribution is -0.109. The van der Waals surface area contributed by atoms with Crippen LogP contribution in [0.25, 0.3) is 0 Å². The summed E-state index contributed by atoms with van der Waals surface area (Å²) in [6.45, 7) is 9.59. The van der Waals surface area contributed by atoms with Gasteiger partial charge < -0.3 is 37.9 Å². The van der Waals surface area contributed by atoms with E-state index in [9.17, 15) is 4.79 Å². The van der Waals surface area contributed by atoms with E-state index in [1.807, 2.05) is 0 Å². The highest BCUT2D eigenvalue weighted by molar-refractivity contribution is 8.13. The van der Waals surface area contributed by atoms with Crippen LogP contribution in [0.5, 0.6) is 0 Å². The van der Waals surface area contributed by atoms with E-state index < -0.39 is 0 Å². The van der Waals surface area contributed by atoms with Crippen LogP contribution in [0.3, 0.4) is 0 Å². The molecule has 0 aromatic carbocycles. The highest BCUT2D eigenvalue weighted by Gasteiger charge is 1.96. The van der Waals surface area contributed by atoms with E-state index in [1.165, 1.54) is 11.8 Å². The predicted octanol–water partition coefficient (Wildman–Crippen LogP) is 1.03. The van der Waals surface area contributed by atoms with E-state index in [0.717, 1.165) is 0 Å². The predicted molar refractivity (Wildman–Crippen MR) is 119 cm³/mol. The second kappa shape index (κ2) is 27.3. The molecule has 0 fully saturated rings. The maximum Gasteiger partial charge on any atom is 0.185 e. The highest BCUT2D eigenvalue weighted by Crippen LogP contribution is 1.99. The van der Waals surface area contributed by atoms with Gasteiger partial charge in [-0.3, -0.25) is 4.79 Å². The Morgan fingerprint density at radius 1 is 0.581 bits per heavy atom. The van der Waals surface area contributed by atoms with E-state index in [1.54, 1.807) is 6.92 Å². The van der Waals surface area contributed by atoms with Crippen LogP contribution in [-0.4, -0.2) is 117 Å². The molecule has 31 heavy (non-hydrogen) atoms. The Morgan fingerprint density at radius 3 is 1.16 bits per heavy atom. The molecule has 0 aliphatic rings.